The summed E-state index contributed by atoms with van der Waals surface area (Å²) in [6.45, 7) is 8.19. The quantitative estimate of drug-likeness (QED) is 0.906. The van der Waals surface area contributed by atoms with Crippen LogP contribution in [0.5, 0.6) is 0 Å². The van der Waals surface area contributed by atoms with E-state index in [4.69, 9.17) is 0 Å². The van der Waals surface area contributed by atoms with Crippen molar-refractivity contribution in [2.75, 3.05) is 24.5 Å². The minimum atomic E-state index is -0.338. The normalized spacial score (nSPS) is 20.1. The number of benzene rings is 1. The zero-order valence-electron chi connectivity index (χ0n) is 11.8. The SMILES string of the molecule is Cc1cc(F)c(N2CCNC(CC(C)C)C2)cc1F. The highest BCUT2D eigenvalue weighted by Crippen LogP contribution is 2.24. The number of nitrogens with zero attached hydrogens (tertiary/aromatic N) is 1. The predicted octanol–water partition coefficient (Wildman–Crippen LogP) is 3.10. The average molecular weight is 268 g/mol. The second-order valence-corrected chi connectivity index (χ2v) is 5.78. The van der Waals surface area contributed by atoms with Gasteiger partial charge in [-0.1, -0.05) is 13.8 Å². The van der Waals surface area contributed by atoms with Gasteiger partial charge in [0.1, 0.15) is 11.6 Å². The molecule has 0 amide bonds. The first-order valence-electron chi connectivity index (χ1n) is 6.91. The van der Waals surface area contributed by atoms with Crippen LogP contribution in [0, 0.1) is 24.5 Å². The van der Waals surface area contributed by atoms with Gasteiger partial charge in [-0.25, -0.2) is 8.78 Å². The summed E-state index contributed by atoms with van der Waals surface area (Å²) in [6.07, 6.45) is 1.05. The molecule has 0 aliphatic carbocycles. The number of rotatable bonds is 3. The fraction of sp³-hybridized carbons (Fsp3) is 0.600. The van der Waals surface area contributed by atoms with Crippen molar-refractivity contribution in [3.8, 4) is 0 Å². The van der Waals surface area contributed by atoms with Crippen LogP contribution >= 0.6 is 0 Å². The van der Waals surface area contributed by atoms with Gasteiger partial charge >= 0.3 is 0 Å². The Morgan fingerprint density at radius 3 is 2.74 bits per heavy atom. The van der Waals surface area contributed by atoms with Crippen LogP contribution in [0.25, 0.3) is 0 Å². The molecular formula is C15H22F2N2. The zero-order chi connectivity index (χ0) is 14.0. The molecule has 1 aromatic rings. The topological polar surface area (TPSA) is 15.3 Å². The van der Waals surface area contributed by atoms with Crippen molar-refractivity contribution in [1.82, 2.24) is 5.32 Å². The first-order valence-corrected chi connectivity index (χ1v) is 6.91. The van der Waals surface area contributed by atoms with Gasteiger partial charge in [0.05, 0.1) is 5.69 Å². The molecule has 1 atom stereocenters. The highest BCUT2D eigenvalue weighted by atomic mass is 19.1. The van der Waals surface area contributed by atoms with Crippen molar-refractivity contribution in [2.24, 2.45) is 5.92 Å². The molecule has 1 heterocycles. The molecule has 19 heavy (non-hydrogen) atoms. The number of anilines is 1. The maximum Gasteiger partial charge on any atom is 0.146 e. The van der Waals surface area contributed by atoms with Gasteiger partial charge in [-0.15, -0.1) is 0 Å². The van der Waals surface area contributed by atoms with Crippen molar-refractivity contribution in [3.63, 3.8) is 0 Å². The van der Waals surface area contributed by atoms with E-state index in [0.717, 1.165) is 19.5 Å². The second-order valence-electron chi connectivity index (χ2n) is 5.78. The molecule has 1 saturated heterocycles. The number of aryl methyl sites for hydroxylation is 1. The Labute approximate surface area is 113 Å². The summed E-state index contributed by atoms with van der Waals surface area (Å²) in [5.41, 5.74) is 0.744. The summed E-state index contributed by atoms with van der Waals surface area (Å²) in [7, 11) is 0. The first kappa shape index (κ1) is 14.3. The van der Waals surface area contributed by atoms with Gasteiger partial charge in [0.15, 0.2) is 0 Å². The summed E-state index contributed by atoms with van der Waals surface area (Å²) >= 11 is 0. The molecule has 0 spiro atoms. The number of hydrogen-bond acceptors (Lipinski definition) is 2. The smallest absolute Gasteiger partial charge is 0.146 e. The highest BCUT2D eigenvalue weighted by Gasteiger charge is 2.22. The highest BCUT2D eigenvalue weighted by molar-refractivity contribution is 5.50. The van der Waals surface area contributed by atoms with E-state index in [9.17, 15) is 8.78 Å². The largest absolute Gasteiger partial charge is 0.366 e. The van der Waals surface area contributed by atoms with Crippen LogP contribution < -0.4 is 10.2 Å². The van der Waals surface area contributed by atoms with E-state index in [2.05, 4.69) is 19.2 Å². The molecule has 1 fully saturated rings. The average Bonchev–Trinajstić information content (AvgIpc) is 2.33. The molecule has 1 aromatic carbocycles. The summed E-state index contributed by atoms with van der Waals surface area (Å²) in [5.74, 6) is -0.0727. The lowest BCUT2D eigenvalue weighted by Gasteiger charge is -2.36. The standard InChI is InChI=1S/C15H22F2N2/c1-10(2)6-12-9-19(5-4-18-12)15-8-13(16)11(3)7-14(15)17/h7-8,10,12,18H,4-6,9H2,1-3H3. The van der Waals surface area contributed by atoms with Gasteiger partial charge in [0.25, 0.3) is 0 Å². The fourth-order valence-corrected chi connectivity index (χ4v) is 2.65. The van der Waals surface area contributed by atoms with Gasteiger partial charge in [-0.3, -0.25) is 0 Å². The van der Waals surface area contributed by atoms with Gasteiger partial charge < -0.3 is 10.2 Å². The number of hydrogen-bond donors (Lipinski definition) is 1. The van der Waals surface area contributed by atoms with E-state index in [1.807, 2.05) is 4.90 Å². The third kappa shape index (κ3) is 3.44. The molecule has 1 N–H and O–H groups in total. The third-order valence-corrected chi connectivity index (χ3v) is 3.58. The van der Waals surface area contributed by atoms with Gasteiger partial charge in [-0.2, -0.15) is 0 Å². The van der Waals surface area contributed by atoms with Crippen molar-refractivity contribution >= 4 is 5.69 Å². The third-order valence-electron chi connectivity index (χ3n) is 3.58. The molecular weight excluding hydrogens is 246 g/mol. The number of piperazine rings is 1. The van der Waals surface area contributed by atoms with Crippen LogP contribution in [-0.2, 0) is 0 Å². The van der Waals surface area contributed by atoms with Crippen LogP contribution in [0.1, 0.15) is 25.8 Å². The van der Waals surface area contributed by atoms with Crippen LogP contribution in [0.2, 0.25) is 0 Å². The maximum absolute atomic E-state index is 14.0. The second kappa shape index (κ2) is 5.87. The Morgan fingerprint density at radius 1 is 1.32 bits per heavy atom. The predicted molar refractivity (Wildman–Crippen MR) is 74.6 cm³/mol. The van der Waals surface area contributed by atoms with Gasteiger partial charge in [-0.05, 0) is 30.9 Å². The minimum Gasteiger partial charge on any atom is -0.366 e. The molecule has 1 aliphatic heterocycles. The zero-order valence-corrected chi connectivity index (χ0v) is 11.8. The Morgan fingerprint density at radius 2 is 2.05 bits per heavy atom. The molecule has 2 nitrogen and oxygen atoms in total. The molecule has 106 valence electrons. The molecule has 2 rings (SSSR count). The van der Waals surface area contributed by atoms with Crippen molar-refractivity contribution in [3.05, 3.63) is 29.3 Å². The van der Waals surface area contributed by atoms with Crippen LogP contribution in [0.3, 0.4) is 0 Å². The molecule has 0 bridgehead atoms. The van der Waals surface area contributed by atoms with E-state index in [1.165, 1.54) is 12.1 Å². The van der Waals surface area contributed by atoms with Gasteiger partial charge in [0.2, 0.25) is 0 Å². The van der Waals surface area contributed by atoms with E-state index in [-0.39, 0.29) is 11.6 Å². The first-order chi connectivity index (χ1) is 8.97. The summed E-state index contributed by atoms with van der Waals surface area (Å²) in [4.78, 5) is 1.95. The Balaban J connectivity index is 2.15. The van der Waals surface area contributed by atoms with Crippen LogP contribution in [0.15, 0.2) is 12.1 Å². The monoisotopic (exact) mass is 268 g/mol. The van der Waals surface area contributed by atoms with E-state index in [0.29, 0.717) is 29.8 Å². The molecule has 0 radical (unpaired) electrons. The molecule has 4 heteroatoms. The Hall–Kier alpha value is -1.16. The van der Waals surface area contributed by atoms with E-state index in [1.54, 1.807) is 6.92 Å². The summed E-state index contributed by atoms with van der Waals surface area (Å²) < 4.78 is 27.6. The Kier molecular flexibility index (Phi) is 4.40. The summed E-state index contributed by atoms with van der Waals surface area (Å²) in [6, 6.07) is 2.95. The number of nitrogens with one attached hydrogen (secondary N) is 1. The van der Waals surface area contributed by atoms with Crippen molar-refractivity contribution in [1.29, 1.82) is 0 Å². The lowest BCUT2D eigenvalue weighted by atomic mass is 10.0. The van der Waals surface area contributed by atoms with Crippen LogP contribution in [-0.4, -0.2) is 25.7 Å². The van der Waals surface area contributed by atoms with E-state index < -0.39 is 0 Å². The van der Waals surface area contributed by atoms with Crippen molar-refractivity contribution in [2.45, 2.75) is 33.2 Å². The molecule has 0 saturated carbocycles. The van der Waals surface area contributed by atoms with E-state index >= 15 is 0 Å². The molecule has 1 aliphatic rings. The lowest BCUT2D eigenvalue weighted by Crippen LogP contribution is -2.51. The van der Waals surface area contributed by atoms with Gasteiger partial charge in [0, 0.05) is 31.7 Å². The molecule has 0 aromatic heterocycles. The molecule has 1 unspecified atom stereocenters. The Bertz CT molecular complexity index is 446. The van der Waals surface area contributed by atoms with Crippen LogP contribution in [0.4, 0.5) is 14.5 Å². The van der Waals surface area contributed by atoms with Crippen molar-refractivity contribution < 1.29 is 8.78 Å². The lowest BCUT2D eigenvalue weighted by molar-refractivity contribution is 0.386. The summed E-state index contributed by atoms with van der Waals surface area (Å²) in [5, 5.41) is 3.44. The minimum absolute atomic E-state index is 0.330. The maximum atomic E-state index is 14.0. The number of halogens is 2. The fourth-order valence-electron chi connectivity index (χ4n) is 2.65.